The summed E-state index contributed by atoms with van der Waals surface area (Å²) >= 11 is 0. The van der Waals surface area contributed by atoms with Gasteiger partial charge in [-0.15, -0.1) is 0 Å². The molecule has 0 heterocycles. The molecule has 0 bridgehead atoms. The van der Waals surface area contributed by atoms with Crippen molar-refractivity contribution in [3.63, 3.8) is 0 Å². The number of amides is 3. The summed E-state index contributed by atoms with van der Waals surface area (Å²) in [5.41, 5.74) is 0.898. The van der Waals surface area contributed by atoms with Crippen molar-refractivity contribution >= 4 is 11.9 Å². The summed E-state index contributed by atoms with van der Waals surface area (Å²) < 4.78 is 10.8. The van der Waals surface area contributed by atoms with Crippen LogP contribution in [0.3, 0.4) is 0 Å². The highest BCUT2D eigenvalue weighted by atomic mass is 16.5. The predicted octanol–water partition coefficient (Wildman–Crippen LogP) is 2.76. The first kappa shape index (κ1) is 21.6. The van der Waals surface area contributed by atoms with E-state index < -0.39 is 0 Å². The molecule has 146 valence electrons. The number of hydrogen-bond acceptors (Lipinski definition) is 4. The van der Waals surface area contributed by atoms with Crippen LogP contribution < -0.4 is 25.4 Å². The van der Waals surface area contributed by atoms with Gasteiger partial charge in [-0.25, -0.2) is 4.79 Å². The Bertz CT molecular complexity index is 592. The quantitative estimate of drug-likeness (QED) is 0.595. The molecule has 0 saturated carbocycles. The summed E-state index contributed by atoms with van der Waals surface area (Å²) in [4.78, 5) is 23.7. The lowest BCUT2D eigenvalue weighted by atomic mass is 10.1. The molecule has 7 heteroatoms. The normalized spacial score (nSPS) is 12.7. The van der Waals surface area contributed by atoms with Crippen LogP contribution in [0.2, 0.25) is 0 Å². The Hall–Kier alpha value is -2.44. The number of urea groups is 1. The number of carbonyl (C=O) groups is 2. The first-order valence-corrected chi connectivity index (χ1v) is 9.05. The van der Waals surface area contributed by atoms with Crippen LogP contribution in [0.15, 0.2) is 18.2 Å². The van der Waals surface area contributed by atoms with Gasteiger partial charge in [-0.2, -0.15) is 0 Å². The minimum atomic E-state index is -0.318. The van der Waals surface area contributed by atoms with E-state index in [0.29, 0.717) is 18.1 Å². The van der Waals surface area contributed by atoms with Gasteiger partial charge in [-0.3, -0.25) is 4.79 Å². The molecule has 1 rings (SSSR count). The summed E-state index contributed by atoms with van der Waals surface area (Å²) in [7, 11) is 1.58. The van der Waals surface area contributed by atoms with Crippen LogP contribution in [0.25, 0.3) is 0 Å². The number of carbonyl (C=O) groups excluding carboxylic acids is 2. The number of rotatable bonds is 10. The maximum absolute atomic E-state index is 12.0. The highest BCUT2D eigenvalue weighted by Gasteiger charge is 2.13. The van der Waals surface area contributed by atoms with E-state index >= 15 is 0 Å². The predicted molar refractivity (Wildman–Crippen MR) is 102 cm³/mol. The second-order valence-electron chi connectivity index (χ2n) is 6.09. The van der Waals surface area contributed by atoms with Crippen LogP contribution in [0, 0.1) is 0 Å². The lowest BCUT2D eigenvalue weighted by molar-refractivity contribution is -0.121. The first-order chi connectivity index (χ1) is 12.4. The van der Waals surface area contributed by atoms with Crippen LogP contribution in [-0.4, -0.2) is 38.2 Å². The Labute approximate surface area is 155 Å². The molecule has 0 aliphatic rings. The third-order valence-corrected chi connectivity index (χ3v) is 3.99. The minimum absolute atomic E-state index is 0.0658. The molecule has 0 aliphatic heterocycles. The topological polar surface area (TPSA) is 88.7 Å². The van der Waals surface area contributed by atoms with Gasteiger partial charge in [0.1, 0.15) is 0 Å². The molecule has 7 nitrogen and oxygen atoms in total. The second kappa shape index (κ2) is 11.2. The molecule has 1 aromatic carbocycles. The fourth-order valence-corrected chi connectivity index (χ4v) is 2.30. The summed E-state index contributed by atoms with van der Waals surface area (Å²) in [5, 5.41) is 8.41. The maximum atomic E-state index is 12.0. The third-order valence-electron chi connectivity index (χ3n) is 3.99. The molecule has 0 saturated heterocycles. The van der Waals surface area contributed by atoms with Crippen molar-refractivity contribution < 1.29 is 19.1 Å². The second-order valence-corrected chi connectivity index (χ2v) is 6.09. The molecule has 0 aromatic heterocycles. The zero-order valence-corrected chi connectivity index (χ0v) is 16.3. The van der Waals surface area contributed by atoms with Gasteiger partial charge in [-0.1, -0.05) is 13.0 Å². The highest BCUT2D eigenvalue weighted by Crippen LogP contribution is 2.30. The van der Waals surface area contributed by atoms with Gasteiger partial charge in [0.2, 0.25) is 5.91 Å². The number of benzene rings is 1. The van der Waals surface area contributed by atoms with Crippen LogP contribution in [0.5, 0.6) is 11.5 Å². The highest BCUT2D eigenvalue weighted by molar-refractivity contribution is 5.78. The van der Waals surface area contributed by atoms with E-state index in [-0.39, 0.29) is 37.0 Å². The molecule has 2 atom stereocenters. The van der Waals surface area contributed by atoms with E-state index in [9.17, 15) is 9.59 Å². The van der Waals surface area contributed by atoms with E-state index in [0.717, 1.165) is 12.0 Å². The van der Waals surface area contributed by atoms with E-state index in [2.05, 4.69) is 16.0 Å². The average Bonchev–Trinajstić information content (AvgIpc) is 2.61. The SMILES string of the molecule is CCOc1ccc(C(C)NC(=O)NCCC(=O)NC(C)CC)cc1OC. The molecule has 1 aromatic rings. The van der Waals surface area contributed by atoms with Gasteiger partial charge in [0.15, 0.2) is 11.5 Å². The molecule has 3 N–H and O–H groups in total. The minimum Gasteiger partial charge on any atom is -0.493 e. The van der Waals surface area contributed by atoms with Gasteiger partial charge in [-0.05, 0) is 44.9 Å². The Morgan fingerprint density at radius 2 is 1.85 bits per heavy atom. The Kier molecular flexibility index (Phi) is 9.33. The third kappa shape index (κ3) is 7.21. The molecule has 0 spiro atoms. The first-order valence-electron chi connectivity index (χ1n) is 9.05. The van der Waals surface area contributed by atoms with Crippen molar-refractivity contribution in [2.75, 3.05) is 20.3 Å². The van der Waals surface area contributed by atoms with E-state index in [1.54, 1.807) is 7.11 Å². The van der Waals surface area contributed by atoms with Crippen molar-refractivity contribution in [2.45, 2.75) is 52.6 Å². The summed E-state index contributed by atoms with van der Waals surface area (Å²) in [6.07, 6.45) is 1.13. The monoisotopic (exact) mass is 365 g/mol. The van der Waals surface area contributed by atoms with Crippen LogP contribution >= 0.6 is 0 Å². The van der Waals surface area contributed by atoms with Crippen molar-refractivity contribution in [1.29, 1.82) is 0 Å². The summed E-state index contributed by atoms with van der Waals surface area (Å²) in [5.74, 6) is 1.23. The van der Waals surface area contributed by atoms with Crippen molar-refractivity contribution in [3.8, 4) is 11.5 Å². The molecular weight excluding hydrogens is 334 g/mol. The molecular formula is C19H31N3O4. The fraction of sp³-hybridized carbons (Fsp3) is 0.579. The lowest BCUT2D eigenvalue weighted by Crippen LogP contribution is -2.40. The van der Waals surface area contributed by atoms with E-state index in [1.807, 2.05) is 45.9 Å². The molecule has 0 aliphatic carbocycles. The fourth-order valence-electron chi connectivity index (χ4n) is 2.30. The van der Waals surface area contributed by atoms with Gasteiger partial charge < -0.3 is 25.4 Å². The lowest BCUT2D eigenvalue weighted by Gasteiger charge is -2.17. The Balaban J connectivity index is 2.48. The Morgan fingerprint density at radius 3 is 2.46 bits per heavy atom. The van der Waals surface area contributed by atoms with Gasteiger partial charge in [0.05, 0.1) is 19.8 Å². The van der Waals surface area contributed by atoms with Gasteiger partial charge in [0, 0.05) is 19.0 Å². The van der Waals surface area contributed by atoms with Crippen molar-refractivity contribution in [2.24, 2.45) is 0 Å². The van der Waals surface area contributed by atoms with Crippen molar-refractivity contribution in [3.05, 3.63) is 23.8 Å². The smallest absolute Gasteiger partial charge is 0.315 e. The number of methoxy groups -OCH3 is 1. The average molecular weight is 365 g/mol. The van der Waals surface area contributed by atoms with E-state index in [1.165, 1.54) is 0 Å². The standard InChI is InChI=1S/C19H31N3O4/c1-6-13(3)21-18(23)10-11-20-19(24)22-14(4)15-8-9-16(26-7-2)17(12-15)25-5/h8-9,12-14H,6-7,10-11H2,1-5H3,(H,21,23)(H2,20,22,24). The van der Waals surface area contributed by atoms with E-state index in [4.69, 9.17) is 9.47 Å². The molecule has 26 heavy (non-hydrogen) atoms. The maximum Gasteiger partial charge on any atom is 0.315 e. The number of ether oxygens (including phenoxy) is 2. The van der Waals surface area contributed by atoms with Gasteiger partial charge >= 0.3 is 6.03 Å². The number of nitrogens with one attached hydrogen (secondary N) is 3. The van der Waals surface area contributed by atoms with Gasteiger partial charge in [0.25, 0.3) is 0 Å². The summed E-state index contributed by atoms with van der Waals surface area (Å²) in [6.45, 7) is 8.58. The zero-order chi connectivity index (χ0) is 19.5. The largest absolute Gasteiger partial charge is 0.493 e. The molecule has 0 radical (unpaired) electrons. The van der Waals surface area contributed by atoms with Crippen LogP contribution in [-0.2, 0) is 4.79 Å². The number of hydrogen-bond donors (Lipinski definition) is 3. The zero-order valence-electron chi connectivity index (χ0n) is 16.3. The summed E-state index contributed by atoms with van der Waals surface area (Å²) in [6, 6.07) is 5.17. The van der Waals surface area contributed by atoms with Crippen LogP contribution in [0.4, 0.5) is 4.79 Å². The molecule has 3 amide bonds. The van der Waals surface area contributed by atoms with Crippen LogP contribution in [0.1, 0.15) is 52.1 Å². The molecule has 2 unspecified atom stereocenters. The molecule has 0 fully saturated rings. The van der Waals surface area contributed by atoms with Crippen molar-refractivity contribution in [1.82, 2.24) is 16.0 Å². The Morgan fingerprint density at radius 1 is 1.12 bits per heavy atom.